The molecule has 16 heavy (non-hydrogen) atoms. The zero-order valence-electron chi connectivity index (χ0n) is 10.4. The summed E-state index contributed by atoms with van der Waals surface area (Å²) in [5.41, 5.74) is -0.933. The first-order valence-corrected chi connectivity index (χ1v) is 6.87. The second-order valence-corrected chi connectivity index (χ2v) is 6.88. The summed E-state index contributed by atoms with van der Waals surface area (Å²) in [4.78, 5) is 0. The molecule has 0 aliphatic heterocycles. The summed E-state index contributed by atoms with van der Waals surface area (Å²) in [7, 11) is 0. The zero-order chi connectivity index (χ0) is 11.6. The lowest BCUT2D eigenvalue weighted by molar-refractivity contribution is -0.199. The third-order valence-electron chi connectivity index (χ3n) is 6.12. The Hall–Kier alpha value is -0.0800. The Morgan fingerprint density at radius 3 is 1.56 bits per heavy atom. The van der Waals surface area contributed by atoms with Gasteiger partial charge in [-0.3, -0.25) is 0 Å². The minimum absolute atomic E-state index is 0.420. The molecule has 92 valence electrons. The Labute approximate surface area is 98.1 Å². The van der Waals surface area contributed by atoms with E-state index in [1.54, 1.807) is 0 Å². The normalized spacial score (nSPS) is 60.8. The van der Waals surface area contributed by atoms with Gasteiger partial charge in [0, 0.05) is 0 Å². The van der Waals surface area contributed by atoms with Crippen LogP contribution in [-0.4, -0.2) is 21.4 Å². The van der Waals surface area contributed by atoms with Crippen LogP contribution >= 0.6 is 0 Å². The van der Waals surface area contributed by atoms with Crippen LogP contribution in [0.2, 0.25) is 0 Å². The monoisotopic (exact) mass is 224 g/mol. The Balaban J connectivity index is 1.99. The average molecular weight is 224 g/mol. The summed E-state index contributed by atoms with van der Waals surface area (Å²) >= 11 is 0. The first-order valence-electron chi connectivity index (χ1n) is 6.87. The van der Waals surface area contributed by atoms with Crippen molar-refractivity contribution in [3.05, 3.63) is 0 Å². The van der Waals surface area contributed by atoms with Crippen molar-refractivity contribution in [2.75, 3.05) is 0 Å². The highest BCUT2D eigenvalue weighted by atomic mass is 16.3. The summed E-state index contributed by atoms with van der Waals surface area (Å²) in [6.45, 7) is 4.09. The van der Waals surface area contributed by atoms with Crippen LogP contribution in [0.3, 0.4) is 0 Å². The number of hydrogen-bond donors (Lipinski definition) is 2. The van der Waals surface area contributed by atoms with Gasteiger partial charge in [-0.1, -0.05) is 6.42 Å². The highest BCUT2D eigenvalue weighted by Gasteiger charge is 2.57. The van der Waals surface area contributed by atoms with Crippen molar-refractivity contribution in [3.63, 3.8) is 0 Å². The lowest BCUT2D eigenvalue weighted by Gasteiger charge is -2.59. The van der Waals surface area contributed by atoms with Crippen LogP contribution in [0.5, 0.6) is 0 Å². The van der Waals surface area contributed by atoms with E-state index in [0.717, 1.165) is 32.1 Å². The summed E-state index contributed by atoms with van der Waals surface area (Å²) in [6, 6.07) is 0. The quantitative estimate of drug-likeness (QED) is 0.663. The van der Waals surface area contributed by atoms with Gasteiger partial charge in [0.25, 0.3) is 0 Å². The minimum Gasteiger partial charge on any atom is -0.390 e. The second-order valence-electron chi connectivity index (χ2n) is 6.88. The standard InChI is InChI=1S/C14H24O2/c1-13(15)9-4-3-5-10-7-11(13)8-12(6-9)14(10,2)16/h9-12,15-16H,3-8H2,1-2H3/t9-,10-,11+,12+,13-,14-/m1/s1. The maximum Gasteiger partial charge on any atom is 0.0676 e. The smallest absolute Gasteiger partial charge is 0.0676 e. The fourth-order valence-electron chi connectivity index (χ4n) is 4.75. The van der Waals surface area contributed by atoms with Crippen LogP contribution in [-0.2, 0) is 0 Å². The molecule has 4 aliphatic carbocycles. The molecule has 0 amide bonds. The number of rotatable bonds is 0. The molecular weight excluding hydrogens is 200 g/mol. The highest BCUT2D eigenvalue weighted by molar-refractivity contribution is 5.07. The molecule has 6 atom stereocenters. The third-order valence-corrected chi connectivity index (χ3v) is 6.12. The van der Waals surface area contributed by atoms with Gasteiger partial charge in [0.2, 0.25) is 0 Å². The summed E-state index contributed by atoms with van der Waals surface area (Å²) in [6.07, 6.45) is 6.60. The van der Waals surface area contributed by atoms with Crippen LogP contribution in [0.15, 0.2) is 0 Å². The van der Waals surface area contributed by atoms with Gasteiger partial charge in [0.15, 0.2) is 0 Å². The maximum absolute atomic E-state index is 10.7. The third kappa shape index (κ3) is 1.32. The van der Waals surface area contributed by atoms with Gasteiger partial charge in [-0.2, -0.15) is 0 Å². The van der Waals surface area contributed by atoms with E-state index in [-0.39, 0.29) is 0 Å². The van der Waals surface area contributed by atoms with Crippen LogP contribution in [0.4, 0.5) is 0 Å². The van der Waals surface area contributed by atoms with Crippen LogP contribution in [0.1, 0.15) is 52.4 Å². The molecule has 0 spiro atoms. The molecule has 4 rings (SSSR count). The maximum atomic E-state index is 10.7. The molecule has 0 saturated heterocycles. The Morgan fingerprint density at radius 2 is 1.12 bits per heavy atom. The predicted molar refractivity (Wildman–Crippen MR) is 62.9 cm³/mol. The molecule has 0 aromatic rings. The van der Waals surface area contributed by atoms with Gasteiger partial charge < -0.3 is 10.2 Å². The van der Waals surface area contributed by atoms with E-state index in [1.807, 2.05) is 13.8 Å². The molecule has 2 heteroatoms. The fourth-order valence-corrected chi connectivity index (χ4v) is 4.75. The SMILES string of the molecule is C[C@]1(O)[C@@H]2C[C@@H]3C[C@H]1CCC[C@H](C2)[C@@]3(C)O. The van der Waals surface area contributed by atoms with Crippen molar-refractivity contribution in [2.24, 2.45) is 23.7 Å². The van der Waals surface area contributed by atoms with Crippen LogP contribution in [0, 0.1) is 23.7 Å². The van der Waals surface area contributed by atoms with Crippen LogP contribution in [0.25, 0.3) is 0 Å². The molecule has 0 aromatic carbocycles. The van der Waals surface area contributed by atoms with Gasteiger partial charge in [0.05, 0.1) is 11.2 Å². The van der Waals surface area contributed by atoms with Crippen molar-refractivity contribution in [1.82, 2.24) is 0 Å². The zero-order valence-corrected chi connectivity index (χ0v) is 10.4. The molecule has 0 heterocycles. The van der Waals surface area contributed by atoms with Gasteiger partial charge in [-0.15, -0.1) is 0 Å². The molecule has 0 unspecified atom stereocenters. The Morgan fingerprint density at radius 1 is 0.750 bits per heavy atom. The molecule has 4 saturated carbocycles. The summed E-state index contributed by atoms with van der Waals surface area (Å²) in [5.74, 6) is 1.71. The molecular formula is C14H24O2. The van der Waals surface area contributed by atoms with E-state index in [2.05, 4.69) is 0 Å². The van der Waals surface area contributed by atoms with Crippen molar-refractivity contribution < 1.29 is 10.2 Å². The molecule has 2 N–H and O–H groups in total. The van der Waals surface area contributed by atoms with E-state index in [9.17, 15) is 10.2 Å². The fraction of sp³-hybridized carbons (Fsp3) is 1.00. The van der Waals surface area contributed by atoms with E-state index in [0.29, 0.717) is 23.7 Å². The lowest BCUT2D eigenvalue weighted by Crippen LogP contribution is -2.60. The van der Waals surface area contributed by atoms with Gasteiger partial charge in [-0.05, 0) is 69.6 Å². The van der Waals surface area contributed by atoms with Gasteiger partial charge in [0.1, 0.15) is 0 Å². The van der Waals surface area contributed by atoms with Crippen molar-refractivity contribution >= 4 is 0 Å². The number of fused-ring (bicyclic) bond motifs is 2. The van der Waals surface area contributed by atoms with E-state index < -0.39 is 11.2 Å². The Bertz CT molecular complexity index is 255. The molecule has 2 nitrogen and oxygen atoms in total. The molecule has 0 aromatic heterocycles. The van der Waals surface area contributed by atoms with Crippen molar-refractivity contribution in [3.8, 4) is 0 Å². The first-order chi connectivity index (χ1) is 7.42. The first kappa shape index (κ1) is 11.0. The van der Waals surface area contributed by atoms with Crippen molar-refractivity contribution in [1.29, 1.82) is 0 Å². The van der Waals surface area contributed by atoms with E-state index >= 15 is 0 Å². The molecule has 0 radical (unpaired) electrons. The predicted octanol–water partition coefficient (Wildman–Crippen LogP) is 2.33. The summed E-state index contributed by atoms with van der Waals surface area (Å²) in [5, 5.41) is 21.4. The topological polar surface area (TPSA) is 40.5 Å². The van der Waals surface area contributed by atoms with E-state index in [4.69, 9.17) is 0 Å². The minimum atomic E-state index is -0.467. The second kappa shape index (κ2) is 3.23. The van der Waals surface area contributed by atoms with Crippen LogP contribution < -0.4 is 0 Å². The molecule has 4 aliphatic rings. The molecule has 4 bridgehead atoms. The van der Waals surface area contributed by atoms with Gasteiger partial charge >= 0.3 is 0 Å². The molecule has 4 fully saturated rings. The Kier molecular flexibility index (Phi) is 2.23. The summed E-state index contributed by atoms with van der Waals surface area (Å²) < 4.78 is 0. The average Bonchev–Trinajstić information content (AvgIpc) is 2.19. The van der Waals surface area contributed by atoms with E-state index in [1.165, 1.54) is 6.42 Å². The lowest BCUT2D eigenvalue weighted by atomic mass is 9.50. The number of aliphatic hydroxyl groups is 2. The number of hydrogen-bond acceptors (Lipinski definition) is 2. The van der Waals surface area contributed by atoms with Crippen molar-refractivity contribution in [2.45, 2.75) is 63.6 Å². The van der Waals surface area contributed by atoms with Gasteiger partial charge in [-0.25, -0.2) is 0 Å². The highest BCUT2D eigenvalue weighted by Crippen LogP contribution is 2.57. The largest absolute Gasteiger partial charge is 0.390 e.